The van der Waals surface area contributed by atoms with Crippen molar-refractivity contribution in [3.05, 3.63) is 28.8 Å². The zero-order chi connectivity index (χ0) is 15.0. The fourth-order valence-electron chi connectivity index (χ4n) is 3.31. The molecule has 0 aromatic heterocycles. The summed E-state index contributed by atoms with van der Waals surface area (Å²) in [4.78, 5) is 12.4. The summed E-state index contributed by atoms with van der Waals surface area (Å²) in [5.41, 5.74) is 9.01. The first-order valence-corrected chi connectivity index (χ1v) is 7.71. The molecule has 1 aliphatic carbocycles. The Hall–Kier alpha value is -1.55. The number of ether oxygens (including phenoxy) is 2. The molecular weight excluding hydrogens is 266 g/mol. The van der Waals surface area contributed by atoms with Gasteiger partial charge in [-0.3, -0.25) is 0 Å². The number of nitrogen functional groups attached to an aromatic ring is 1. The molecule has 0 bridgehead atoms. The van der Waals surface area contributed by atoms with Crippen LogP contribution >= 0.6 is 0 Å². The van der Waals surface area contributed by atoms with Crippen LogP contribution in [0.2, 0.25) is 0 Å². The quantitative estimate of drug-likeness (QED) is 0.671. The van der Waals surface area contributed by atoms with Gasteiger partial charge in [0.1, 0.15) is 6.10 Å². The van der Waals surface area contributed by atoms with Crippen LogP contribution in [0.4, 0.5) is 5.69 Å². The van der Waals surface area contributed by atoms with Crippen LogP contribution in [-0.4, -0.2) is 24.3 Å². The SMILES string of the molecule is Cc1cc(C)c(C(=O)OC2CCOC3(CCC3)C2)cc1N. The topological polar surface area (TPSA) is 61.5 Å². The number of nitrogens with two attached hydrogens (primary N) is 1. The lowest BCUT2D eigenvalue weighted by molar-refractivity contribution is -0.159. The largest absolute Gasteiger partial charge is 0.459 e. The average molecular weight is 289 g/mol. The van der Waals surface area contributed by atoms with Crippen LogP contribution in [0.3, 0.4) is 0 Å². The van der Waals surface area contributed by atoms with Crippen LogP contribution in [0.15, 0.2) is 12.1 Å². The number of esters is 1. The van der Waals surface area contributed by atoms with E-state index in [0.717, 1.165) is 36.8 Å². The number of hydrogen-bond acceptors (Lipinski definition) is 4. The molecule has 4 heteroatoms. The third-order valence-corrected chi connectivity index (χ3v) is 4.82. The van der Waals surface area contributed by atoms with Gasteiger partial charge in [-0.15, -0.1) is 0 Å². The highest BCUT2D eigenvalue weighted by molar-refractivity contribution is 5.92. The van der Waals surface area contributed by atoms with Gasteiger partial charge in [0.05, 0.1) is 17.8 Å². The molecule has 1 saturated heterocycles. The molecule has 1 atom stereocenters. The van der Waals surface area contributed by atoms with Crippen molar-refractivity contribution in [2.45, 2.75) is 57.7 Å². The maximum Gasteiger partial charge on any atom is 0.338 e. The number of benzene rings is 1. The summed E-state index contributed by atoms with van der Waals surface area (Å²) in [7, 11) is 0. The minimum absolute atomic E-state index is 0.00938. The van der Waals surface area contributed by atoms with E-state index in [9.17, 15) is 4.79 Å². The molecule has 114 valence electrons. The van der Waals surface area contributed by atoms with E-state index in [2.05, 4.69) is 0 Å². The highest BCUT2D eigenvalue weighted by Crippen LogP contribution is 2.43. The van der Waals surface area contributed by atoms with E-state index >= 15 is 0 Å². The van der Waals surface area contributed by atoms with Crippen molar-refractivity contribution in [1.82, 2.24) is 0 Å². The summed E-state index contributed by atoms with van der Waals surface area (Å²) in [5, 5.41) is 0. The Morgan fingerprint density at radius 3 is 2.76 bits per heavy atom. The lowest BCUT2D eigenvalue weighted by atomic mass is 9.74. The number of carbonyl (C=O) groups is 1. The summed E-state index contributed by atoms with van der Waals surface area (Å²) in [6.07, 6.45) is 4.99. The van der Waals surface area contributed by atoms with Crippen LogP contribution in [0.5, 0.6) is 0 Å². The Bertz CT molecular complexity index is 563. The van der Waals surface area contributed by atoms with Gasteiger partial charge in [0.2, 0.25) is 0 Å². The first-order valence-electron chi connectivity index (χ1n) is 7.71. The zero-order valence-corrected chi connectivity index (χ0v) is 12.8. The van der Waals surface area contributed by atoms with Gasteiger partial charge >= 0.3 is 5.97 Å². The van der Waals surface area contributed by atoms with Gasteiger partial charge in [-0.2, -0.15) is 0 Å². The van der Waals surface area contributed by atoms with Crippen LogP contribution in [-0.2, 0) is 9.47 Å². The molecule has 1 aromatic rings. The number of hydrogen-bond donors (Lipinski definition) is 1. The summed E-state index contributed by atoms with van der Waals surface area (Å²) < 4.78 is 11.6. The number of carbonyl (C=O) groups excluding carboxylic acids is 1. The van der Waals surface area contributed by atoms with Gasteiger partial charge < -0.3 is 15.2 Å². The molecule has 21 heavy (non-hydrogen) atoms. The van der Waals surface area contributed by atoms with Crippen LogP contribution in [0, 0.1) is 13.8 Å². The maximum atomic E-state index is 12.4. The molecule has 1 saturated carbocycles. The highest BCUT2D eigenvalue weighted by Gasteiger charge is 2.43. The highest BCUT2D eigenvalue weighted by atomic mass is 16.6. The number of rotatable bonds is 2. The van der Waals surface area contributed by atoms with Gasteiger partial charge in [-0.1, -0.05) is 6.07 Å². The van der Waals surface area contributed by atoms with Gasteiger partial charge in [-0.25, -0.2) is 4.79 Å². The van der Waals surface area contributed by atoms with Crippen molar-refractivity contribution in [2.24, 2.45) is 0 Å². The van der Waals surface area contributed by atoms with Crippen molar-refractivity contribution >= 4 is 11.7 Å². The predicted molar refractivity (Wildman–Crippen MR) is 81.3 cm³/mol. The molecule has 2 fully saturated rings. The molecule has 1 unspecified atom stereocenters. The van der Waals surface area contributed by atoms with Crippen LogP contribution < -0.4 is 5.73 Å². The van der Waals surface area contributed by atoms with Crippen molar-refractivity contribution in [3.63, 3.8) is 0 Å². The summed E-state index contributed by atoms with van der Waals surface area (Å²) in [5.74, 6) is -0.263. The molecule has 1 aliphatic heterocycles. The Kier molecular flexibility index (Phi) is 3.66. The second-order valence-electron chi connectivity index (χ2n) is 6.43. The van der Waals surface area contributed by atoms with E-state index in [4.69, 9.17) is 15.2 Å². The van der Waals surface area contributed by atoms with Crippen molar-refractivity contribution in [1.29, 1.82) is 0 Å². The monoisotopic (exact) mass is 289 g/mol. The van der Waals surface area contributed by atoms with Gasteiger partial charge in [-0.05, 0) is 50.3 Å². The summed E-state index contributed by atoms with van der Waals surface area (Å²) in [6.45, 7) is 4.55. The summed E-state index contributed by atoms with van der Waals surface area (Å²) in [6, 6.07) is 3.66. The molecule has 1 heterocycles. The molecule has 1 spiro atoms. The molecule has 1 aromatic carbocycles. The molecular formula is C17H23NO3. The molecule has 3 rings (SSSR count). The van der Waals surface area contributed by atoms with E-state index in [0.29, 0.717) is 17.9 Å². The average Bonchev–Trinajstić information content (AvgIpc) is 2.41. The second kappa shape index (κ2) is 5.34. The van der Waals surface area contributed by atoms with E-state index < -0.39 is 0 Å². The van der Waals surface area contributed by atoms with E-state index in [1.165, 1.54) is 6.42 Å². The fourth-order valence-corrected chi connectivity index (χ4v) is 3.31. The van der Waals surface area contributed by atoms with E-state index in [1.807, 2.05) is 19.9 Å². The van der Waals surface area contributed by atoms with Gasteiger partial charge in [0, 0.05) is 18.5 Å². The van der Waals surface area contributed by atoms with Crippen molar-refractivity contribution in [3.8, 4) is 0 Å². The standard InChI is InChI=1S/C17H23NO3/c1-11-8-12(2)15(18)9-14(11)16(19)21-13-4-7-20-17(10-13)5-3-6-17/h8-9,13H,3-7,10,18H2,1-2H3. The minimum Gasteiger partial charge on any atom is -0.459 e. The van der Waals surface area contributed by atoms with Crippen molar-refractivity contribution in [2.75, 3.05) is 12.3 Å². The van der Waals surface area contributed by atoms with Gasteiger partial charge in [0.15, 0.2) is 0 Å². The lowest BCUT2D eigenvalue weighted by Gasteiger charge is -2.46. The first-order chi connectivity index (χ1) is 9.99. The van der Waals surface area contributed by atoms with Crippen LogP contribution in [0.1, 0.15) is 53.6 Å². The normalized spacial score (nSPS) is 23.6. The van der Waals surface area contributed by atoms with Crippen LogP contribution in [0.25, 0.3) is 0 Å². The lowest BCUT2D eigenvalue weighted by Crippen LogP contribution is -2.48. The third kappa shape index (κ3) is 2.77. The minimum atomic E-state index is -0.263. The number of aryl methyl sites for hydroxylation is 2. The third-order valence-electron chi connectivity index (χ3n) is 4.82. The smallest absolute Gasteiger partial charge is 0.338 e. The Balaban J connectivity index is 1.70. The molecule has 4 nitrogen and oxygen atoms in total. The zero-order valence-electron chi connectivity index (χ0n) is 12.8. The first kappa shape index (κ1) is 14.4. The Morgan fingerprint density at radius 1 is 1.33 bits per heavy atom. The Labute approximate surface area is 125 Å². The number of anilines is 1. The summed E-state index contributed by atoms with van der Waals surface area (Å²) >= 11 is 0. The predicted octanol–water partition coefficient (Wildman–Crippen LogP) is 3.14. The molecule has 2 aliphatic rings. The molecule has 2 N–H and O–H groups in total. The van der Waals surface area contributed by atoms with E-state index in [1.54, 1.807) is 6.07 Å². The van der Waals surface area contributed by atoms with Crippen molar-refractivity contribution < 1.29 is 14.3 Å². The second-order valence-corrected chi connectivity index (χ2v) is 6.43. The fraction of sp³-hybridized carbons (Fsp3) is 0.588. The Morgan fingerprint density at radius 2 is 2.10 bits per heavy atom. The maximum absolute atomic E-state index is 12.4. The van der Waals surface area contributed by atoms with Gasteiger partial charge in [0.25, 0.3) is 0 Å². The molecule has 0 amide bonds. The molecule has 0 radical (unpaired) electrons. The van der Waals surface area contributed by atoms with E-state index in [-0.39, 0.29) is 17.7 Å².